The standard InChI is InChI=1S/C16H28N2O4S/c1-3-22-14-11-13(16(14)7-4-8-16)17-15(19)12-5-9-18(10-6-12)23(2,20)21/h12-14H,3-11H2,1-2H3,(H,17,19)/t13-,14-/m1/s1. The maximum absolute atomic E-state index is 12.5. The fourth-order valence-electron chi connectivity index (χ4n) is 4.38. The van der Waals surface area contributed by atoms with Crippen LogP contribution in [0, 0.1) is 11.3 Å². The maximum atomic E-state index is 12.5. The molecule has 1 aliphatic heterocycles. The van der Waals surface area contributed by atoms with Gasteiger partial charge in [-0.15, -0.1) is 0 Å². The smallest absolute Gasteiger partial charge is 0.223 e. The van der Waals surface area contributed by atoms with Gasteiger partial charge in [0.2, 0.25) is 15.9 Å². The second-order valence-corrected chi connectivity index (χ2v) is 9.25. The molecule has 2 aliphatic carbocycles. The average Bonchev–Trinajstić information content (AvgIpc) is 2.43. The van der Waals surface area contributed by atoms with Gasteiger partial charge >= 0.3 is 0 Å². The van der Waals surface area contributed by atoms with E-state index in [2.05, 4.69) is 5.32 Å². The van der Waals surface area contributed by atoms with Crippen LogP contribution in [0.1, 0.15) is 45.4 Å². The molecule has 1 amide bonds. The van der Waals surface area contributed by atoms with Crippen LogP contribution in [-0.4, -0.2) is 56.7 Å². The van der Waals surface area contributed by atoms with Crippen molar-refractivity contribution in [3.8, 4) is 0 Å². The predicted molar refractivity (Wildman–Crippen MR) is 87.4 cm³/mol. The molecule has 2 saturated carbocycles. The average molecular weight is 344 g/mol. The van der Waals surface area contributed by atoms with Crippen molar-refractivity contribution in [2.75, 3.05) is 26.0 Å². The number of nitrogens with zero attached hydrogens (tertiary/aromatic N) is 1. The van der Waals surface area contributed by atoms with E-state index in [9.17, 15) is 13.2 Å². The summed E-state index contributed by atoms with van der Waals surface area (Å²) in [7, 11) is -3.13. The lowest BCUT2D eigenvalue weighted by Crippen LogP contribution is -2.68. The summed E-state index contributed by atoms with van der Waals surface area (Å²) < 4.78 is 30.4. The molecule has 23 heavy (non-hydrogen) atoms. The van der Waals surface area contributed by atoms with Crippen LogP contribution in [0.5, 0.6) is 0 Å². The molecule has 0 bridgehead atoms. The Morgan fingerprint density at radius 1 is 1.30 bits per heavy atom. The van der Waals surface area contributed by atoms with Gasteiger partial charge in [0.15, 0.2) is 0 Å². The van der Waals surface area contributed by atoms with Gasteiger partial charge in [-0.2, -0.15) is 0 Å². The molecule has 132 valence electrons. The first-order chi connectivity index (χ1) is 10.9. The van der Waals surface area contributed by atoms with E-state index in [-0.39, 0.29) is 23.3 Å². The molecule has 1 spiro atoms. The lowest BCUT2D eigenvalue weighted by atomic mass is 9.51. The molecule has 6 nitrogen and oxygen atoms in total. The first kappa shape index (κ1) is 17.2. The lowest BCUT2D eigenvalue weighted by molar-refractivity contribution is -0.177. The second kappa shape index (κ2) is 6.33. The Morgan fingerprint density at radius 2 is 1.96 bits per heavy atom. The van der Waals surface area contributed by atoms with Gasteiger partial charge in [0.05, 0.1) is 12.4 Å². The highest BCUT2D eigenvalue weighted by atomic mass is 32.2. The van der Waals surface area contributed by atoms with Crippen LogP contribution >= 0.6 is 0 Å². The number of sulfonamides is 1. The van der Waals surface area contributed by atoms with E-state index >= 15 is 0 Å². The zero-order valence-corrected chi connectivity index (χ0v) is 14.9. The van der Waals surface area contributed by atoms with E-state index in [0.29, 0.717) is 32.0 Å². The minimum absolute atomic E-state index is 0.0590. The quantitative estimate of drug-likeness (QED) is 0.811. The van der Waals surface area contributed by atoms with Crippen molar-refractivity contribution >= 4 is 15.9 Å². The molecule has 1 N–H and O–H groups in total. The summed E-state index contributed by atoms with van der Waals surface area (Å²) in [6.45, 7) is 3.66. The van der Waals surface area contributed by atoms with Crippen LogP contribution in [0.2, 0.25) is 0 Å². The van der Waals surface area contributed by atoms with Crippen LogP contribution in [0.4, 0.5) is 0 Å². The van der Waals surface area contributed by atoms with Gasteiger partial charge in [-0.1, -0.05) is 6.42 Å². The van der Waals surface area contributed by atoms with Crippen LogP contribution in [0.25, 0.3) is 0 Å². The molecule has 0 aromatic rings. The highest BCUT2D eigenvalue weighted by Gasteiger charge is 2.59. The van der Waals surface area contributed by atoms with Crippen molar-refractivity contribution in [2.45, 2.75) is 57.6 Å². The van der Waals surface area contributed by atoms with Gasteiger partial charge in [-0.05, 0) is 39.0 Å². The summed E-state index contributed by atoms with van der Waals surface area (Å²) in [6.07, 6.45) is 7.21. The van der Waals surface area contributed by atoms with Crippen LogP contribution in [-0.2, 0) is 19.6 Å². The number of nitrogens with one attached hydrogen (secondary N) is 1. The Labute approximate surface area is 139 Å². The summed E-state index contributed by atoms with van der Waals surface area (Å²) in [5, 5.41) is 3.23. The minimum Gasteiger partial charge on any atom is -0.378 e. The van der Waals surface area contributed by atoms with Gasteiger partial charge < -0.3 is 10.1 Å². The lowest BCUT2D eigenvalue weighted by Gasteiger charge is -2.61. The van der Waals surface area contributed by atoms with Gasteiger partial charge in [0.25, 0.3) is 0 Å². The van der Waals surface area contributed by atoms with E-state index in [1.807, 2.05) is 6.92 Å². The minimum atomic E-state index is -3.13. The van der Waals surface area contributed by atoms with E-state index in [1.54, 1.807) is 0 Å². The normalized spacial score (nSPS) is 31.4. The summed E-state index contributed by atoms with van der Waals surface area (Å²) in [5.41, 5.74) is 0.180. The summed E-state index contributed by atoms with van der Waals surface area (Å²) in [4.78, 5) is 12.5. The Kier molecular flexibility index (Phi) is 4.73. The zero-order chi connectivity index (χ0) is 16.7. The molecule has 7 heteroatoms. The molecule has 1 saturated heterocycles. The molecule has 0 aromatic carbocycles. The van der Waals surface area contributed by atoms with Crippen LogP contribution in [0.3, 0.4) is 0 Å². The molecule has 0 aromatic heterocycles. The molecule has 3 fully saturated rings. The van der Waals surface area contributed by atoms with E-state index in [4.69, 9.17) is 4.74 Å². The first-order valence-electron chi connectivity index (χ1n) is 8.74. The molecule has 0 radical (unpaired) electrons. The van der Waals surface area contributed by atoms with Crippen molar-refractivity contribution in [1.29, 1.82) is 0 Å². The third-order valence-electron chi connectivity index (χ3n) is 6.05. The SMILES string of the molecule is CCO[C@@H]1C[C@@H](NC(=O)C2CCN(S(C)(=O)=O)CC2)C12CCC2. The van der Waals surface area contributed by atoms with Gasteiger partial charge in [0, 0.05) is 37.1 Å². The third-order valence-corrected chi connectivity index (χ3v) is 7.35. The highest BCUT2D eigenvalue weighted by molar-refractivity contribution is 7.88. The topological polar surface area (TPSA) is 75.7 Å². The predicted octanol–water partition coefficient (Wildman–Crippen LogP) is 1.12. The zero-order valence-electron chi connectivity index (χ0n) is 14.1. The van der Waals surface area contributed by atoms with E-state index in [0.717, 1.165) is 25.9 Å². The van der Waals surface area contributed by atoms with Crippen LogP contribution in [0.15, 0.2) is 0 Å². The van der Waals surface area contributed by atoms with E-state index in [1.165, 1.54) is 17.0 Å². The van der Waals surface area contributed by atoms with E-state index < -0.39 is 10.0 Å². The molecular weight excluding hydrogens is 316 g/mol. The number of carbonyl (C=O) groups is 1. The first-order valence-corrected chi connectivity index (χ1v) is 10.6. The second-order valence-electron chi connectivity index (χ2n) is 7.26. The fourth-order valence-corrected chi connectivity index (χ4v) is 5.25. The van der Waals surface area contributed by atoms with Crippen molar-refractivity contribution < 1.29 is 17.9 Å². The molecule has 0 unspecified atom stereocenters. The van der Waals surface area contributed by atoms with Crippen molar-refractivity contribution in [3.63, 3.8) is 0 Å². The number of hydrogen-bond acceptors (Lipinski definition) is 4. The Hall–Kier alpha value is -0.660. The number of rotatable bonds is 5. The van der Waals surface area contributed by atoms with Crippen LogP contribution < -0.4 is 5.32 Å². The maximum Gasteiger partial charge on any atom is 0.223 e. The van der Waals surface area contributed by atoms with Crippen molar-refractivity contribution in [1.82, 2.24) is 9.62 Å². The van der Waals surface area contributed by atoms with Crippen molar-refractivity contribution in [3.05, 3.63) is 0 Å². The molecule has 2 atom stereocenters. The summed E-state index contributed by atoms with van der Waals surface area (Å²) in [6, 6.07) is 0.244. The highest BCUT2D eigenvalue weighted by Crippen LogP contribution is 2.57. The van der Waals surface area contributed by atoms with Crippen molar-refractivity contribution in [2.24, 2.45) is 11.3 Å². The number of amides is 1. The molecule has 3 aliphatic rings. The Balaban J connectivity index is 1.51. The third kappa shape index (κ3) is 3.15. The molecular formula is C16H28N2O4S. The summed E-state index contributed by atoms with van der Waals surface area (Å²) >= 11 is 0. The number of hydrogen-bond donors (Lipinski definition) is 1. The largest absolute Gasteiger partial charge is 0.378 e. The fraction of sp³-hybridized carbons (Fsp3) is 0.938. The Bertz CT molecular complexity index is 550. The Morgan fingerprint density at radius 3 is 2.43 bits per heavy atom. The molecule has 3 rings (SSSR count). The monoisotopic (exact) mass is 344 g/mol. The number of carbonyl (C=O) groups excluding carboxylic acids is 1. The van der Waals surface area contributed by atoms with Gasteiger partial charge in [-0.25, -0.2) is 12.7 Å². The van der Waals surface area contributed by atoms with Gasteiger partial charge in [0.1, 0.15) is 0 Å². The van der Waals surface area contributed by atoms with Gasteiger partial charge in [-0.3, -0.25) is 4.79 Å². The molecule has 1 heterocycles. The number of piperidine rings is 1. The summed E-state index contributed by atoms with van der Waals surface area (Å²) in [5.74, 6) is 0.0423. The number of ether oxygens (including phenoxy) is 1.